The average molecular weight is 645 g/mol. The van der Waals surface area contributed by atoms with E-state index in [1.807, 2.05) is 12.1 Å². The van der Waals surface area contributed by atoms with Gasteiger partial charge in [0.1, 0.15) is 5.75 Å². The summed E-state index contributed by atoms with van der Waals surface area (Å²) in [6.45, 7) is 1.73. The number of aromatic nitrogens is 1. The highest BCUT2D eigenvalue weighted by molar-refractivity contribution is 8.00. The summed E-state index contributed by atoms with van der Waals surface area (Å²) in [7, 11) is 1.58. The number of aromatic carboxylic acids is 1. The highest BCUT2D eigenvalue weighted by Gasteiger charge is 2.29. The number of carboxylic acid groups (broad SMARTS) is 1. The van der Waals surface area contributed by atoms with Crippen molar-refractivity contribution in [2.75, 3.05) is 17.7 Å². The van der Waals surface area contributed by atoms with Crippen molar-refractivity contribution in [1.29, 1.82) is 0 Å². The molecule has 0 saturated heterocycles. The molecule has 4 aromatic rings. The van der Waals surface area contributed by atoms with Crippen LogP contribution in [0.1, 0.15) is 27.6 Å². The van der Waals surface area contributed by atoms with Crippen LogP contribution in [0.15, 0.2) is 47.4 Å². The molecule has 3 aromatic carbocycles. The number of methoxy groups -OCH3 is 1. The van der Waals surface area contributed by atoms with E-state index in [4.69, 9.17) is 51.1 Å². The number of fused-ring (bicyclic) bond motifs is 1. The van der Waals surface area contributed by atoms with Gasteiger partial charge in [-0.25, -0.2) is 9.78 Å². The first kappa shape index (κ1) is 29.3. The maximum absolute atomic E-state index is 13.0. The molecular weight excluding hydrogens is 628 g/mol. The van der Waals surface area contributed by atoms with E-state index >= 15 is 0 Å². The number of halogens is 4. The van der Waals surface area contributed by atoms with E-state index in [1.54, 1.807) is 44.4 Å². The topological polar surface area (TPSA) is 118 Å². The van der Waals surface area contributed by atoms with Crippen molar-refractivity contribution in [1.82, 2.24) is 4.98 Å². The van der Waals surface area contributed by atoms with E-state index in [2.05, 4.69) is 15.6 Å². The van der Waals surface area contributed by atoms with Crippen molar-refractivity contribution >= 4 is 108 Å². The molecule has 1 unspecified atom stereocenters. The standard InChI is InChI=1S/C25H17Cl4N3O5S2/c1-10(22(33)32-25-31-14-7-6-12(37-2)9-15(14)39-25)38-13-5-3-4-11(8-13)30-23(34)16-17(24(35)36)19(27)21(29)20(28)18(16)26/h3-10H,1-2H3,(H,30,34)(H,35,36)(H,31,32,33). The second-order valence-corrected chi connectivity index (χ2v) is 11.9. The van der Waals surface area contributed by atoms with Crippen molar-refractivity contribution in [3.8, 4) is 5.75 Å². The molecule has 202 valence electrons. The molecule has 2 amide bonds. The fourth-order valence-electron chi connectivity index (χ4n) is 3.44. The van der Waals surface area contributed by atoms with Crippen LogP contribution in [-0.2, 0) is 4.79 Å². The summed E-state index contributed by atoms with van der Waals surface area (Å²) >= 11 is 26.8. The van der Waals surface area contributed by atoms with Gasteiger partial charge in [0.05, 0.1) is 53.8 Å². The van der Waals surface area contributed by atoms with E-state index in [9.17, 15) is 19.5 Å². The molecule has 0 radical (unpaired) electrons. The number of carbonyl (C=O) groups excluding carboxylic acids is 2. The number of thiazole rings is 1. The van der Waals surface area contributed by atoms with Gasteiger partial charge in [-0.05, 0) is 43.3 Å². The van der Waals surface area contributed by atoms with Gasteiger partial charge in [0.2, 0.25) is 5.91 Å². The summed E-state index contributed by atoms with van der Waals surface area (Å²) in [5, 5.41) is 13.7. The third-order valence-electron chi connectivity index (χ3n) is 5.31. The summed E-state index contributed by atoms with van der Waals surface area (Å²) < 4.78 is 6.10. The average Bonchev–Trinajstić information content (AvgIpc) is 3.30. The van der Waals surface area contributed by atoms with Gasteiger partial charge in [-0.1, -0.05) is 63.8 Å². The number of benzene rings is 3. The van der Waals surface area contributed by atoms with Gasteiger partial charge in [0.25, 0.3) is 5.91 Å². The van der Waals surface area contributed by atoms with Crippen LogP contribution >= 0.6 is 69.5 Å². The Bertz CT molecular complexity index is 1630. The van der Waals surface area contributed by atoms with Gasteiger partial charge in [-0.3, -0.25) is 9.59 Å². The lowest BCUT2D eigenvalue weighted by Crippen LogP contribution is -2.22. The molecule has 1 aromatic heterocycles. The third-order valence-corrected chi connectivity index (χ3v) is 9.14. The summed E-state index contributed by atoms with van der Waals surface area (Å²) in [5.41, 5.74) is 0.0714. The Balaban J connectivity index is 1.48. The number of carbonyl (C=O) groups is 3. The molecule has 0 spiro atoms. The molecule has 0 bridgehead atoms. The predicted octanol–water partition coefficient (Wildman–Crippen LogP) is 7.99. The van der Waals surface area contributed by atoms with Crippen LogP contribution < -0.4 is 15.4 Å². The highest BCUT2D eigenvalue weighted by atomic mass is 35.5. The fourth-order valence-corrected chi connectivity index (χ4v) is 6.28. The quantitative estimate of drug-likeness (QED) is 0.101. The van der Waals surface area contributed by atoms with Gasteiger partial charge >= 0.3 is 5.97 Å². The number of carboxylic acids is 1. The second-order valence-electron chi connectivity index (χ2n) is 7.90. The number of nitrogens with one attached hydrogen (secondary N) is 2. The Morgan fingerprint density at radius 1 is 0.974 bits per heavy atom. The summed E-state index contributed by atoms with van der Waals surface area (Å²) in [6, 6.07) is 12.1. The van der Waals surface area contributed by atoms with Crippen LogP contribution in [0.2, 0.25) is 20.1 Å². The van der Waals surface area contributed by atoms with E-state index in [0.29, 0.717) is 21.5 Å². The van der Waals surface area contributed by atoms with Crippen LogP contribution in [0.25, 0.3) is 10.2 Å². The lowest BCUT2D eigenvalue weighted by Gasteiger charge is -2.15. The summed E-state index contributed by atoms with van der Waals surface area (Å²) in [5.74, 6) is -1.91. The zero-order valence-corrected chi connectivity index (χ0v) is 24.6. The van der Waals surface area contributed by atoms with Gasteiger partial charge in [0.15, 0.2) is 5.13 Å². The van der Waals surface area contributed by atoms with E-state index < -0.39 is 33.3 Å². The molecule has 0 aliphatic heterocycles. The molecule has 1 atom stereocenters. The maximum atomic E-state index is 13.0. The van der Waals surface area contributed by atoms with Crippen LogP contribution in [0.5, 0.6) is 5.75 Å². The first-order valence-corrected chi connectivity index (χ1v) is 14.1. The number of thioether (sulfide) groups is 1. The van der Waals surface area contributed by atoms with Crippen LogP contribution in [0, 0.1) is 0 Å². The summed E-state index contributed by atoms with van der Waals surface area (Å²) in [6.07, 6.45) is 0. The summed E-state index contributed by atoms with van der Waals surface area (Å²) in [4.78, 5) is 42.7. The van der Waals surface area contributed by atoms with Gasteiger partial charge in [-0.2, -0.15) is 0 Å². The largest absolute Gasteiger partial charge is 0.497 e. The Morgan fingerprint density at radius 2 is 1.67 bits per heavy atom. The lowest BCUT2D eigenvalue weighted by atomic mass is 10.1. The highest BCUT2D eigenvalue weighted by Crippen LogP contribution is 2.42. The van der Waals surface area contributed by atoms with Crippen molar-refractivity contribution < 1.29 is 24.2 Å². The zero-order valence-electron chi connectivity index (χ0n) is 20.0. The number of amides is 2. The number of rotatable bonds is 8. The molecule has 8 nitrogen and oxygen atoms in total. The number of hydrogen-bond acceptors (Lipinski definition) is 7. The Labute approximate surface area is 250 Å². The molecule has 14 heteroatoms. The molecule has 39 heavy (non-hydrogen) atoms. The molecule has 0 saturated carbocycles. The fraction of sp³-hybridized carbons (Fsp3) is 0.120. The first-order chi connectivity index (χ1) is 18.5. The predicted molar refractivity (Wildman–Crippen MR) is 158 cm³/mol. The van der Waals surface area contributed by atoms with Crippen LogP contribution in [-0.4, -0.2) is 40.2 Å². The first-order valence-electron chi connectivity index (χ1n) is 10.9. The normalized spacial score (nSPS) is 11.7. The van der Waals surface area contributed by atoms with Crippen LogP contribution in [0.4, 0.5) is 10.8 Å². The SMILES string of the molecule is COc1ccc2nc(NC(=O)C(C)Sc3cccc(NC(=O)c4c(Cl)c(Cl)c(Cl)c(Cl)c4C(=O)O)c3)sc2c1. The monoisotopic (exact) mass is 643 g/mol. The van der Waals surface area contributed by atoms with Gasteiger partial charge in [-0.15, -0.1) is 11.8 Å². The molecule has 0 fully saturated rings. The minimum Gasteiger partial charge on any atom is -0.497 e. The van der Waals surface area contributed by atoms with Gasteiger partial charge in [0, 0.05) is 10.6 Å². The van der Waals surface area contributed by atoms with Gasteiger partial charge < -0.3 is 20.5 Å². The van der Waals surface area contributed by atoms with Crippen molar-refractivity contribution in [3.63, 3.8) is 0 Å². The number of anilines is 2. The maximum Gasteiger partial charge on any atom is 0.338 e. The van der Waals surface area contributed by atoms with Crippen LogP contribution in [0.3, 0.4) is 0 Å². The molecule has 3 N–H and O–H groups in total. The van der Waals surface area contributed by atoms with E-state index in [-0.39, 0.29) is 21.0 Å². The minimum atomic E-state index is -1.50. The van der Waals surface area contributed by atoms with Crippen molar-refractivity contribution in [2.45, 2.75) is 17.1 Å². The molecule has 0 aliphatic rings. The van der Waals surface area contributed by atoms with Crippen molar-refractivity contribution in [2.24, 2.45) is 0 Å². The molecule has 0 aliphatic carbocycles. The molecular formula is C25H17Cl4N3O5S2. The Morgan fingerprint density at radius 3 is 2.33 bits per heavy atom. The number of ether oxygens (including phenoxy) is 1. The Kier molecular flexibility index (Phi) is 9.15. The minimum absolute atomic E-state index is 0.241. The smallest absolute Gasteiger partial charge is 0.338 e. The zero-order chi connectivity index (χ0) is 28.4. The lowest BCUT2D eigenvalue weighted by molar-refractivity contribution is -0.115. The second kappa shape index (κ2) is 12.2. The molecule has 4 rings (SSSR count). The Hall–Kier alpha value is -2.73. The number of hydrogen-bond donors (Lipinski definition) is 3. The van der Waals surface area contributed by atoms with Crippen molar-refractivity contribution in [3.05, 3.63) is 73.7 Å². The van der Waals surface area contributed by atoms with E-state index in [0.717, 1.165) is 10.2 Å². The molecule has 1 heterocycles. The van der Waals surface area contributed by atoms with E-state index in [1.165, 1.54) is 23.1 Å². The number of nitrogens with zero attached hydrogens (tertiary/aromatic N) is 1. The third kappa shape index (κ3) is 6.37.